The summed E-state index contributed by atoms with van der Waals surface area (Å²) < 4.78 is 5.71. The van der Waals surface area contributed by atoms with Crippen LogP contribution < -0.4 is 10.6 Å². The Morgan fingerprint density at radius 1 is 1.38 bits per heavy atom. The minimum absolute atomic E-state index is 0.0391. The van der Waals surface area contributed by atoms with Gasteiger partial charge in [0.15, 0.2) is 5.69 Å². The number of carbonyl (C=O) groups excluding carboxylic acids is 2. The van der Waals surface area contributed by atoms with Gasteiger partial charge in [0.2, 0.25) is 5.91 Å². The minimum Gasteiger partial charge on any atom is -0.393 e. The molecule has 1 aliphatic heterocycles. The van der Waals surface area contributed by atoms with Crippen LogP contribution in [0.2, 0.25) is 0 Å². The first-order chi connectivity index (χ1) is 11.6. The van der Waals surface area contributed by atoms with Crippen LogP contribution in [-0.4, -0.2) is 52.4 Å². The van der Waals surface area contributed by atoms with Crippen molar-refractivity contribution in [3.63, 3.8) is 0 Å². The van der Waals surface area contributed by atoms with Crippen molar-refractivity contribution in [3.05, 3.63) is 17.0 Å². The number of amides is 2. The van der Waals surface area contributed by atoms with Crippen molar-refractivity contribution in [1.29, 1.82) is 0 Å². The summed E-state index contributed by atoms with van der Waals surface area (Å²) in [7, 11) is 0. The van der Waals surface area contributed by atoms with E-state index in [1.807, 2.05) is 6.92 Å². The second-order valence-corrected chi connectivity index (χ2v) is 6.49. The molecule has 0 bridgehead atoms. The SMILES string of the molecule is CCCNC(=O)c1n[nH]c2c1CC(CNC(=O)C1CC(O)C1)OC2. The Hall–Kier alpha value is -1.93. The third-order valence-electron chi connectivity index (χ3n) is 4.59. The van der Waals surface area contributed by atoms with Gasteiger partial charge in [-0.05, 0) is 19.3 Å². The third-order valence-corrected chi connectivity index (χ3v) is 4.59. The highest BCUT2D eigenvalue weighted by molar-refractivity contribution is 5.94. The summed E-state index contributed by atoms with van der Waals surface area (Å²) in [5.74, 6) is -0.311. The molecule has 1 fully saturated rings. The average molecular weight is 336 g/mol. The summed E-state index contributed by atoms with van der Waals surface area (Å²) in [6.45, 7) is 3.36. The predicted molar refractivity (Wildman–Crippen MR) is 85.2 cm³/mol. The number of carbonyl (C=O) groups is 2. The molecule has 1 aromatic heterocycles. The van der Waals surface area contributed by atoms with Crippen molar-refractivity contribution in [1.82, 2.24) is 20.8 Å². The van der Waals surface area contributed by atoms with Crippen molar-refractivity contribution >= 4 is 11.8 Å². The van der Waals surface area contributed by atoms with Crippen molar-refractivity contribution in [2.45, 2.75) is 51.4 Å². The molecule has 3 rings (SSSR count). The van der Waals surface area contributed by atoms with Crippen LogP contribution in [0.1, 0.15) is 47.9 Å². The maximum absolute atomic E-state index is 12.1. The summed E-state index contributed by atoms with van der Waals surface area (Å²) in [5, 5.41) is 21.9. The number of nitrogens with zero attached hydrogens (tertiary/aromatic N) is 1. The fraction of sp³-hybridized carbons (Fsp3) is 0.688. The molecule has 24 heavy (non-hydrogen) atoms. The molecule has 8 nitrogen and oxygen atoms in total. The number of nitrogens with one attached hydrogen (secondary N) is 3. The molecule has 1 atom stereocenters. The molecule has 4 N–H and O–H groups in total. The van der Waals surface area contributed by atoms with Gasteiger partial charge in [-0.25, -0.2) is 0 Å². The Balaban J connectivity index is 1.54. The van der Waals surface area contributed by atoms with E-state index in [1.165, 1.54) is 0 Å². The Labute approximate surface area is 140 Å². The molecule has 0 saturated heterocycles. The summed E-state index contributed by atoms with van der Waals surface area (Å²) in [5.41, 5.74) is 2.11. The van der Waals surface area contributed by atoms with Crippen LogP contribution in [0.3, 0.4) is 0 Å². The zero-order valence-corrected chi connectivity index (χ0v) is 13.8. The van der Waals surface area contributed by atoms with Gasteiger partial charge in [-0.3, -0.25) is 14.7 Å². The van der Waals surface area contributed by atoms with Gasteiger partial charge in [0, 0.05) is 31.0 Å². The van der Waals surface area contributed by atoms with Crippen LogP contribution in [-0.2, 0) is 22.6 Å². The second-order valence-electron chi connectivity index (χ2n) is 6.49. The van der Waals surface area contributed by atoms with Gasteiger partial charge in [-0.2, -0.15) is 5.10 Å². The first-order valence-electron chi connectivity index (χ1n) is 8.50. The monoisotopic (exact) mass is 336 g/mol. The molecule has 8 heteroatoms. The van der Waals surface area contributed by atoms with Crippen molar-refractivity contribution in [2.24, 2.45) is 5.92 Å². The molecule has 2 heterocycles. The summed E-state index contributed by atoms with van der Waals surface area (Å²) in [4.78, 5) is 24.1. The number of aliphatic hydroxyl groups excluding tert-OH is 1. The number of H-pyrrole nitrogens is 1. The second kappa shape index (κ2) is 7.31. The van der Waals surface area contributed by atoms with Gasteiger partial charge >= 0.3 is 0 Å². The lowest BCUT2D eigenvalue weighted by Crippen LogP contribution is -2.44. The highest BCUT2D eigenvalue weighted by Gasteiger charge is 2.34. The molecule has 0 aromatic carbocycles. The minimum atomic E-state index is -0.343. The fourth-order valence-corrected chi connectivity index (χ4v) is 3.03. The van der Waals surface area contributed by atoms with Gasteiger partial charge in [-0.1, -0.05) is 6.92 Å². The van der Waals surface area contributed by atoms with E-state index in [4.69, 9.17) is 4.74 Å². The largest absolute Gasteiger partial charge is 0.393 e. The average Bonchev–Trinajstić information content (AvgIpc) is 2.98. The van der Waals surface area contributed by atoms with E-state index < -0.39 is 0 Å². The molecule has 2 aliphatic rings. The number of aromatic nitrogens is 2. The predicted octanol–water partition coefficient (Wildman–Crippen LogP) is -0.122. The van der Waals surface area contributed by atoms with Crippen LogP contribution in [0, 0.1) is 5.92 Å². The van der Waals surface area contributed by atoms with E-state index in [0.717, 1.165) is 17.7 Å². The normalized spacial score (nSPS) is 25.5. The number of hydrogen-bond acceptors (Lipinski definition) is 5. The van der Waals surface area contributed by atoms with E-state index in [1.54, 1.807) is 0 Å². The maximum atomic E-state index is 12.1. The zero-order valence-electron chi connectivity index (χ0n) is 13.8. The lowest BCUT2D eigenvalue weighted by molar-refractivity contribution is -0.132. The molecule has 1 unspecified atom stereocenters. The maximum Gasteiger partial charge on any atom is 0.272 e. The number of hydrogen-bond donors (Lipinski definition) is 4. The zero-order chi connectivity index (χ0) is 17.1. The van der Waals surface area contributed by atoms with Crippen molar-refractivity contribution in [3.8, 4) is 0 Å². The van der Waals surface area contributed by atoms with Crippen LogP contribution in [0.15, 0.2) is 0 Å². The Kier molecular flexibility index (Phi) is 5.15. The molecular formula is C16H24N4O4. The van der Waals surface area contributed by atoms with Gasteiger partial charge in [0.25, 0.3) is 5.91 Å². The molecule has 0 radical (unpaired) electrons. The fourth-order valence-electron chi connectivity index (χ4n) is 3.03. The Morgan fingerprint density at radius 3 is 2.88 bits per heavy atom. The van der Waals surface area contributed by atoms with E-state index >= 15 is 0 Å². The summed E-state index contributed by atoms with van der Waals surface area (Å²) in [6.07, 6.45) is 1.95. The lowest BCUT2D eigenvalue weighted by Gasteiger charge is -2.31. The number of ether oxygens (including phenoxy) is 1. The summed E-state index contributed by atoms with van der Waals surface area (Å²) >= 11 is 0. The quantitative estimate of drug-likeness (QED) is 0.578. The standard InChI is InChI=1S/C16H24N4O4/c1-2-3-17-16(23)14-12-6-11(24-8-13(12)19-20-14)7-18-15(22)9-4-10(21)5-9/h9-11,21H,2-8H2,1H3,(H,17,23)(H,18,22)(H,19,20). The van der Waals surface area contributed by atoms with Gasteiger partial charge in [0.05, 0.1) is 24.5 Å². The highest BCUT2D eigenvalue weighted by Crippen LogP contribution is 2.27. The number of fused-ring (bicyclic) bond motifs is 1. The first-order valence-corrected chi connectivity index (χ1v) is 8.50. The smallest absolute Gasteiger partial charge is 0.272 e. The first kappa shape index (κ1) is 16.9. The van der Waals surface area contributed by atoms with E-state index in [2.05, 4.69) is 20.8 Å². The van der Waals surface area contributed by atoms with Crippen LogP contribution in [0.4, 0.5) is 0 Å². The van der Waals surface area contributed by atoms with E-state index in [-0.39, 0.29) is 29.9 Å². The molecular weight excluding hydrogens is 312 g/mol. The molecule has 132 valence electrons. The van der Waals surface area contributed by atoms with Gasteiger partial charge in [-0.15, -0.1) is 0 Å². The molecule has 1 aromatic rings. The Morgan fingerprint density at radius 2 is 2.17 bits per heavy atom. The van der Waals surface area contributed by atoms with Gasteiger partial charge < -0.3 is 20.5 Å². The highest BCUT2D eigenvalue weighted by atomic mass is 16.5. The molecule has 2 amide bonds. The van der Waals surface area contributed by atoms with Crippen molar-refractivity contribution < 1.29 is 19.4 Å². The molecule has 0 spiro atoms. The third kappa shape index (κ3) is 3.59. The number of aliphatic hydroxyl groups is 1. The molecule has 1 saturated carbocycles. The van der Waals surface area contributed by atoms with Crippen LogP contribution in [0.25, 0.3) is 0 Å². The van der Waals surface area contributed by atoms with Crippen molar-refractivity contribution in [2.75, 3.05) is 13.1 Å². The van der Waals surface area contributed by atoms with Crippen LogP contribution >= 0.6 is 0 Å². The number of rotatable bonds is 6. The van der Waals surface area contributed by atoms with Crippen LogP contribution in [0.5, 0.6) is 0 Å². The topological polar surface area (TPSA) is 116 Å². The number of aromatic amines is 1. The lowest BCUT2D eigenvalue weighted by atomic mass is 9.82. The van der Waals surface area contributed by atoms with E-state index in [0.29, 0.717) is 44.7 Å². The summed E-state index contributed by atoms with van der Waals surface area (Å²) in [6, 6.07) is 0. The van der Waals surface area contributed by atoms with Gasteiger partial charge in [0.1, 0.15) is 0 Å². The van der Waals surface area contributed by atoms with E-state index in [9.17, 15) is 14.7 Å². The Bertz CT molecular complexity index is 609. The molecule has 1 aliphatic carbocycles.